The Bertz CT molecular complexity index is 3250. The van der Waals surface area contributed by atoms with Crippen molar-refractivity contribution in [2.75, 3.05) is 0 Å². The number of alkyl halides is 9. The monoisotopic (exact) mass is 1160 g/mol. The van der Waals surface area contributed by atoms with Gasteiger partial charge in [-0.2, -0.15) is 39.5 Å². The minimum Gasteiger partial charge on any atom is -0.512 e. The Hall–Kier alpha value is -9.91. The maximum absolute atomic E-state index is 11.8. The first-order valence-electron chi connectivity index (χ1n) is 22.4. The summed E-state index contributed by atoms with van der Waals surface area (Å²) in [7, 11) is 0. The number of carboxylic acid groups (broad SMARTS) is 1. The number of aliphatic hydroxyl groups is 4. The van der Waals surface area contributed by atoms with Crippen molar-refractivity contribution < 1.29 is 99.2 Å². The van der Waals surface area contributed by atoms with E-state index < -0.39 is 53.7 Å². The van der Waals surface area contributed by atoms with Crippen LogP contribution in [-0.4, -0.2) is 99.6 Å². The molecule has 3 heterocycles. The summed E-state index contributed by atoms with van der Waals surface area (Å²) in [5.74, 6) is -8.87. The Morgan fingerprint density at radius 1 is 0.519 bits per heavy atom. The number of para-hydroxylation sites is 3. The summed E-state index contributed by atoms with van der Waals surface area (Å²) in [6.45, 7) is 4.66. The molecule has 4 aromatic carbocycles. The number of aliphatic imine (C=N–C) groups is 1. The lowest BCUT2D eigenvalue weighted by molar-refractivity contribution is -0.166. The number of halogens is 9. The van der Waals surface area contributed by atoms with Crippen LogP contribution in [0.4, 0.5) is 45.2 Å². The average Bonchev–Trinajstić information content (AvgIpc) is 3.96. The van der Waals surface area contributed by atoms with Gasteiger partial charge in [0.15, 0.2) is 11.6 Å². The number of carbonyl (C=O) groups excluding carboxylic acids is 4. The largest absolute Gasteiger partial charge is 0.512 e. The molecule has 15 nitrogen and oxygen atoms in total. The minimum absolute atomic E-state index is 0.0144. The molecule has 0 amide bonds. The van der Waals surface area contributed by atoms with E-state index in [1.54, 1.807) is 103 Å². The summed E-state index contributed by atoms with van der Waals surface area (Å²) in [4.78, 5) is 64.0. The smallest absolute Gasteiger partial charge is 0.454 e. The van der Waals surface area contributed by atoms with E-state index in [1.165, 1.54) is 44.3 Å². The molecular formula is C56H48F9N3O12S. The second-order valence-corrected chi connectivity index (χ2v) is 16.0. The molecule has 0 aliphatic heterocycles. The fourth-order valence-electron chi connectivity index (χ4n) is 5.08. The van der Waals surface area contributed by atoms with Crippen molar-refractivity contribution in [1.82, 2.24) is 9.97 Å². The lowest BCUT2D eigenvalue weighted by Gasteiger charge is -2.05. The first kappa shape index (κ1) is 69.1. The number of thiophene rings is 1. The maximum atomic E-state index is 11.8. The number of hydrogen-bond donors (Lipinski definition) is 7. The molecule has 428 valence electrons. The third-order valence-electron chi connectivity index (χ3n) is 8.61. The Labute approximate surface area is 459 Å². The van der Waals surface area contributed by atoms with Crippen molar-refractivity contribution >= 4 is 74.8 Å². The van der Waals surface area contributed by atoms with Crippen LogP contribution in [0.15, 0.2) is 204 Å². The number of phenolic OH excluding ortho intramolecular Hbond substituents is 2. The van der Waals surface area contributed by atoms with Gasteiger partial charge in [0.2, 0.25) is 5.76 Å². The van der Waals surface area contributed by atoms with Crippen LogP contribution in [0.1, 0.15) is 52.1 Å². The highest BCUT2D eigenvalue weighted by atomic mass is 32.1. The van der Waals surface area contributed by atoms with Gasteiger partial charge in [0.25, 0.3) is 11.6 Å². The van der Waals surface area contributed by atoms with Crippen LogP contribution < -0.4 is 0 Å². The molecular weight excluding hydrogens is 1110 g/mol. The van der Waals surface area contributed by atoms with Crippen molar-refractivity contribution in [3.8, 4) is 11.5 Å². The van der Waals surface area contributed by atoms with Gasteiger partial charge in [0.05, 0.1) is 10.6 Å². The average molecular weight is 1160 g/mol. The van der Waals surface area contributed by atoms with Gasteiger partial charge in [-0.15, -0.1) is 11.3 Å². The van der Waals surface area contributed by atoms with E-state index >= 15 is 0 Å². The highest BCUT2D eigenvalue weighted by Crippen LogP contribution is 2.27. The molecule has 7 N–H and O–H groups in total. The third kappa shape index (κ3) is 28.9. The van der Waals surface area contributed by atoms with Crippen LogP contribution in [0.25, 0.3) is 22.4 Å². The number of carboxylic acids is 1. The molecule has 7 rings (SSSR count). The van der Waals surface area contributed by atoms with Crippen molar-refractivity contribution in [3.63, 3.8) is 0 Å². The van der Waals surface area contributed by atoms with E-state index in [1.807, 2.05) is 55.5 Å². The molecule has 0 atom stereocenters. The number of pyridine rings is 2. The molecule has 0 aliphatic carbocycles. The highest BCUT2D eigenvalue weighted by Gasteiger charge is 2.41. The van der Waals surface area contributed by atoms with Gasteiger partial charge in [-0.25, -0.2) is 9.78 Å². The van der Waals surface area contributed by atoms with Crippen LogP contribution in [0.5, 0.6) is 11.5 Å². The number of rotatable bonds is 9. The topological polar surface area (TPSA) is 265 Å². The van der Waals surface area contributed by atoms with Crippen molar-refractivity contribution in [1.29, 1.82) is 0 Å². The number of aromatic nitrogens is 2. The lowest BCUT2D eigenvalue weighted by atomic mass is 10.1. The highest BCUT2D eigenvalue weighted by molar-refractivity contribution is 7.11. The number of aromatic hydroxyl groups is 2. The summed E-state index contributed by atoms with van der Waals surface area (Å²) in [6, 6.07) is 41.7. The van der Waals surface area contributed by atoms with Gasteiger partial charge in [-0.1, -0.05) is 103 Å². The number of nitrogens with zero attached hydrogens (tertiary/aromatic N) is 3. The number of carbonyl (C=O) groups is 5. The number of benzene rings is 4. The fourth-order valence-corrected chi connectivity index (χ4v) is 5.72. The molecule has 0 saturated carbocycles. The van der Waals surface area contributed by atoms with E-state index in [0.29, 0.717) is 22.3 Å². The Morgan fingerprint density at radius 2 is 1.04 bits per heavy atom. The quantitative estimate of drug-likeness (QED) is 0.0233. The minimum atomic E-state index is -5.42. The molecule has 0 fully saturated rings. The van der Waals surface area contributed by atoms with Gasteiger partial charge in [0, 0.05) is 59.4 Å². The predicted molar refractivity (Wildman–Crippen MR) is 285 cm³/mol. The SMILES string of the molecule is CC(=O)/C=C(/C)O.CC=Nc1ccccc1O.O=C(/C=C(\O)C(F)(F)F)C(F)(F)F.O=C(/C=C(\O)c1ccccc1)c1ccccc1.O=C(C=C(O)c1cccs1)C(F)(F)F.O=C(O)c1ccccn1.Oc1cccc2cccnc12. The zero-order valence-corrected chi connectivity index (χ0v) is 43.1. The second-order valence-electron chi connectivity index (χ2n) is 15.0. The summed E-state index contributed by atoms with van der Waals surface area (Å²) < 4.78 is 103. The van der Waals surface area contributed by atoms with Crippen molar-refractivity contribution in [3.05, 3.63) is 221 Å². The number of aliphatic hydroxyl groups excluding tert-OH is 4. The molecule has 0 unspecified atom stereocenters. The number of aromatic carboxylic acids is 1. The fraction of sp³-hybridized carbons (Fsp3) is 0.107. The van der Waals surface area contributed by atoms with E-state index in [9.17, 15) is 73.7 Å². The number of fused-ring (bicyclic) bond motifs is 1. The van der Waals surface area contributed by atoms with Gasteiger partial charge >= 0.3 is 24.5 Å². The van der Waals surface area contributed by atoms with E-state index in [-0.39, 0.29) is 51.2 Å². The number of ketones is 4. The molecule has 0 spiro atoms. The van der Waals surface area contributed by atoms with Crippen LogP contribution in [-0.2, 0) is 14.4 Å². The Morgan fingerprint density at radius 3 is 1.48 bits per heavy atom. The normalized spacial score (nSPS) is 11.6. The van der Waals surface area contributed by atoms with E-state index in [2.05, 4.69) is 15.0 Å². The third-order valence-corrected chi connectivity index (χ3v) is 9.50. The van der Waals surface area contributed by atoms with Gasteiger partial charge < -0.3 is 35.7 Å². The standard InChI is InChI=1S/C15H12O2.C9H7NO.C8H5F3O2S.C8H9NO.C6H5NO2.C5H2F6O2.C5H8O2/c16-14(12-7-3-1-4-8-12)11-15(17)13-9-5-2-6-10-13;11-8-5-1-3-7-4-2-6-10-9(7)8;9-8(10,11)7(13)4-5(12)6-2-1-3-14-6;1-2-9-7-5-3-4-6-8(7)10;8-6(9)5-3-1-2-4-7-5;6-4(7,8)2(12)1-3(13)5(9,10)11;1-4(6)3-5(2)7/h1-11,16H;1-6,11H;1-4,12H;2-6,10H,1H3;1-4H,(H,8,9);1,12H;3,6H,1-2H3/b14-11-;;;;;2-1-;4-3-. The second kappa shape index (κ2) is 34.8. The van der Waals surface area contributed by atoms with Crippen LogP contribution in [0.3, 0.4) is 0 Å². The molecule has 25 heteroatoms. The van der Waals surface area contributed by atoms with Gasteiger partial charge in [0.1, 0.15) is 39.9 Å². The van der Waals surface area contributed by atoms with Crippen LogP contribution in [0, 0.1) is 0 Å². The number of phenols is 2. The molecule has 0 aliphatic rings. The van der Waals surface area contributed by atoms with Crippen molar-refractivity contribution in [2.45, 2.75) is 39.3 Å². The van der Waals surface area contributed by atoms with Crippen molar-refractivity contribution in [2.24, 2.45) is 4.99 Å². The molecule has 0 radical (unpaired) electrons. The number of hydrogen-bond acceptors (Lipinski definition) is 15. The van der Waals surface area contributed by atoms with E-state index in [4.69, 9.17) is 25.5 Å². The molecule has 3 aromatic heterocycles. The molecule has 0 saturated heterocycles. The maximum Gasteiger partial charge on any atom is 0.454 e. The molecule has 81 heavy (non-hydrogen) atoms. The summed E-state index contributed by atoms with van der Waals surface area (Å²) in [5, 5.41) is 64.5. The molecule has 7 aromatic rings. The van der Waals surface area contributed by atoms with Gasteiger partial charge in [-0.3, -0.25) is 29.2 Å². The number of allylic oxidation sites excluding steroid dienone is 6. The summed E-state index contributed by atoms with van der Waals surface area (Å²) in [6.07, 6.45) is -9.28. The Kier molecular flexibility index (Phi) is 29.7. The lowest BCUT2D eigenvalue weighted by Crippen LogP contribution is -2.23. The zero-order valence-electron chi connectivity index (χ0n) is 42.3. The molecule has 0 bridgehead atoms. The zero-order chi connectivity index (χ0) is 61.3. The van der Waals surface area contributed by atoms with Crippen LogP contribution >= 0.6 is 11.3 Å². The Balaban J connectivity index is 0.000000480. The van der Waals surface area contributed by atoms with Gasteiger partial charge in [-0.05, 0) is 68.6 Å². The predicted octanol–water partition coefficient (Wildman–Crippen LogP) is 14.2. The summed E-state index contributed by atoms with van der Waals surface area (Å²) >= 11 is 1.05. The summed E-state index contributed by atoms with van der Waals surface area (Å²) in [5.41, 5.74) is 2.56. The van der Waals surface area contributed by atoms with E-state index in [0.717, 1.165) is 16.7 Å². The first-order chi connectivity index (χ1) is 37.9. The van der Waals surface area contributed by atoms with Crippen LogP contribution in [0.2, 0.25) is 0 Å². The first-order valence-corrected chi connectivity index (χ1v) is 23.3.